The number of benzene rings is 1. The summed E-state index contributed by atoms with van der Waals surface area (Å²) in [6.45, 7) is 1.73. The van der Waals surface area contributed by atoms with Crippen LogP contribution in [0, 0.1) is 12.7 Å². The Labute approximate surface area is 99.1 Å². The average molecular weight is 284 g/mol. The SMILES string of the molecule is Cc1cc(F)cc2c(Br)c(C(=O)O)cnc12. The first-order chi connectivity index (χ1) is 7.50. The van der Waals surface area contributed by atoms with E-state index in [1.54, 1.807) is 6.92 Å². The molecule has 3 nitrogen and oxygen atoms in total. The summed E-state index contributed by atoms with van der Waals surface area (Å²) in [6.07, 6.45) is 1.26. The predicted molar refractivity (Wildman–Crippen MR) is 61.1 cm³/mol. The second kappa shape index (κ2) is 3.83. The van der Waals surface area contributed by atoms with Crippen LogP contribution < -0.4 is 0 Å². The Kier molecular flexibility index (Phi) is 2.63. The smallest absolute Gasteiger partial charge is 0.338 e. The zero-order valence-corrected chi connectivity index (χ0v) is 9.88. The van der Waals surface area contributed by atoms with Crippen molar-refractivity contribution in [1.82, 2.24) is 4.98 Å². The van der Waals surface area contributed by atoms with Crippen LogP contribution in [-0.2, 0) is 0 Å². The van der Waals surface area contributed by atoms with Gasteiger partial charge in [-0.15, -0.1) is 0 Å². The van der Waals surface area contributed by atoms with Crippen LogP contribution in [0.4, 0.5) is 4.39 Å². The molecule has 1 aromatic carbocycles. The Morgan fingerprint density at radius 3 is 2.81 bits per heavy atom. The number of hydrogen-bond acceptors (Lipinski definition) is 2. The highest BCUT2D eigenvalue weighted by Gasteiger charge is 2.14. The molecule has 2 rings (SSSR count). The molecular weight excluding hydrogens is 277 g/mol. The van der Waals surface area contributed by atoms with Gasteiger partial charge in [-0.1, -0.05) is 0 Å². The first kappa shape index (κ1) is 11.0. The van der Waals surface area contributed by atoms with Crippen LogP contribution in [0.1, 0.15) is 15.9 Å². The lowest BCUT2D eigenvalue weighted by molar-refractivity contribution is 0.0695. The minimum Gasteiger partial charge on any atom is -0.478 e. The molecule has 0 saturated carbocycles. The number of aryl methyl sites for hydroxylation is 1. The summed E-state index contributed by atoms with van der Waals surface area (Å²) in [7, 11) is 0. The maximum absolute atomic E-state index is 13.2. The molecule has 1 aromatic heterocycles. The lowest BCUT2D eigenvalue weighted by atomic mass is 10.1. The molecule has 1 N–H and O–H groups in total. The maximum Gasteiger partial charge on any atom is 0.338 e. The number of carboxylic acids is 1. The van der Waals surface area contributed by atoms with E-state index in [1.165, 1.54) is 18.3 Å². The van der Waals surface area contributed by atoms with Gasteiger partial charge in [0.1, 0.15) is 5.82 Å². The maximum atomic E-state index is 13.2. The third kappa shape index (κ3) is 1.67. The molecule has 0 aliphatic heterocycles. The molecule has 0 aliphatic rings. The standard InChI is InChI=1S/C11H7BrFNO2/c1-5-2-6(13)3-7-9(12)8(11(15)16)4-14-10(5)7/h2-4H,1H3,(H,15,16). The molecule has 0 unspecified atom stereocenters. The van der Waals surface area contributed by atoms with Gasteiger partial charge in [-0.3, -0.25) is 4.98 Å². The van der Waals surface area contributed by atoms with Crippen molar-refractivity contribution in [2.24, 2.45) is 0 Å². The zero-order chi connectivity index (χ0) is 11.9. The van der Waals surface area contributed by atoms with Gasteiger partial charge >= 0.3 is 5.97 Å². The van der Waals surface area contributed by atoms with E-state index in [9.17, 15) is 9.18 Å². The van der Waals surface area contributed by atoms with E-state index in [0.29, 0.717) is 20.9 Å². The molecule has 0 fully saturated rings. The Morgan fingerprint density at radius 2 is 2.19 bits per heavy atom. The number of carbonyl (C=O) groups is 1. The van der Waals surface area contributed by atoms with Crippen molar-refractivity contribution < 1.29 is 14.3 Å². The number of aromatic carboxylic acids is 1. The molecule has 0 saturated heterocycles. The highest BCUT2D eigenvalue weighted by molar-refractivity contribution is 9.10. The third-order valence-corrected chi connectivity index (χ3v) is 3.15. The van der Waals surface area contributed by atoms with Gasteiger partial charge in [-0.2, -0.15) is 0 Å². The van der Waals surface area contributed by atoms with Crippen molar-refractivity contribution >= 4 is 32.8 Å². The molecule has 0 spiro atoms. The van der Waals surface area contributed by atoms with Gasteiger partial charge in [0.2, 0.25) is 0 Å². The fourth-order valence-electron chi connectivity index (χ4n) is 1.55. The van der Waals surface area contributed by atoms with Gasteiger partial charge < -0.3 is 5.11 Å². The quantitative estimate of drug-likeness (QED) is 0.875. The summed E-state index contributed by atoms with van der Waals surface area (Å²) >= 11 is 3.16. The van der Waals surface area contributed by atoms with Gasteiger partial charge in [-0.05, 0) is 40.5 Å². The molecule has 2 aromatic rings. The lowest BCUT2D eigenvalue weighted by Gasteiger charge is -2.06. The second-order valence-electron chi connectivity index (χ2n) is 3.41. The average Bonchev–Trinajstić information content (AvgIpc) is 2.19. The molecule has 82 valence electrons. The Balaban J connectivity index is 2.89. The van der Waals surface area contributed by atoms with Gasteiger partial charge in [0.15, 0.2) is 0 Å². The number of rotatable bonds is 1. The number of fused-ring (bicyclic) bond motifs is 1. The first-order valence-corrected chi connectivity index (χ1v) is 5.27. The highest BCUT2D eigenvalue weighted by Crippen LogP contribution is 2.28. The van der Waals surface area contributed by atoms with Gasteiger partial charge in [0, 0.05) is 16.1 Å². The number of carboxylic acid groups (broad SMARTS) is 1. The topological polar surface area (TPSA) is 50.2 Å². The zero-order valence-electron chi connectivity index (χ0n) is 8.29. The van der Waals surface area contributed by atoms with Crippen molar-refractivity contribution in [2.45, 2.75) is 6.92 Å². The molecule has 0 bridgehead atoms. The van der Waals surface area contributed by atoms with Crippen molar-refractivity contribution in [3.05, 3.63) is 39.7 Å². The molecule has 0 aliphatic carbocycles. The van der Waals surface area contributed by atoms with Crippen molar-refractivity contribution in [3.8, 4) is 0 Å². The summed E-state index contributed by atoms with van der Waals surface area (Å²) in [5, 5.41) is 9.37. The van der Waals surface area contributed by atoms with Gasteiger partial charge in [0.05, 0.1) is 11.1 Å². The molecule has 0 amide bonds. The molecule has 16 heavy (non-hydrogen) atoms. The van der Waals surface area contributed by atoms with Crippen molar-refractivity contribution in [1.29, 1.82) is 0 Å². The third-order valence-electron chi connectivity index (χ3n) is 2.29. The van der Waals surface area contributed by atoms with Crippen LogP contribution in [-0.4, -0.2) is 16.1 Å². The largest absolute Gasteiger partial charge is 0.478 e. The summed E-state index contributed by atoms with van der Waals surface area (Å²) < 4.78 is 13.6. The first-order valence-electron chi connectivity index (χ1n) is 4.48. The van der Waals surface area contributed by atoms with Crippen LogP contribution in [0.25, 0.3) is 10.9 Å². The second-order valence-corrected chi connectivity index (χ2v) is 4.20. The summed E-state index contributed by atoms with van der Waals surface area (Å²) in [5.41, 5.74) is 1.29. The summed E-state index contributed by atoms with van der Waals surface area (Å²) in [5.74, 6) is -1.50. The number of hydrogen-bond donors (Lipinski definition) is 1. The molecule has 0 radical (unpaired) electrons. The summed E-state index contributed by atoms with van der Waals surface area (Å²) in [4.78, 5) is 14.9. The minimum atomic E-state index is -1.09. The Morgan fingerprint density at radius 1 is 1.50 bits per heavy atom. The van der Waals surface area contributed by atoms with Crippen LogP contribution in [0.15, 0.2) is 22.8 Å². The van der Waals surface area contributed by atoms with E-state index in [-0.39, 0.29) is 5.56 Å². The number of nitrogens with zero attached hydrogens (tertiary/aromatic N) is 1. The Hall–Kier alpha value is -1.49. The van der Waals surface area contributed by atoms with E-state index in [2.05, 4.69) is 20.9 Å². The van der Waals surface area contributed by atoms with Crippen LogP contribution in [0.2, 0.25) is 0 Å². The van der Waals surface area contributed by atoms with E-state index < -0.39 is 11.8 Å². The molecule has 1 heterocycles. The highest BCUT2D eigenvalue weighted by atomic mass is 79.9. The number of aromatic nitrogens is 1. The summed E-state index contributed by atoms with van der Waals surface area (Å²) in [6, 6.07) is 2.63. The predicted octanol–water partition coefficient (Wildman–Crippen LogP) is 3.14. The fraction of sp³-hybridized carbons (Fsp3) is 0.0909. The van der Waals surface area contributed by atoms with E-state index >= 15 is 0 Å². The van der Waals surface area contributed by atoms with Crippen LogP contribution >= 0.6 is 15.9 Å². The fourth-order valence-corrected chi connectivity index (χ4v) is 2.13. The molecule has 5 heteroatoms. The monoisotopic (exact) mass is 283 g/mol. The van der Waals surface area contributed by atoms with Crippen LogP contribution in [0.3, 0.4) is 0 Å². The lowest BCUT2D eigenvalue weighted by Crippen LogP contribution is -2.00. The van der Waals surface area contributed by atoms with E-state index in [4.69, 9.17) is 5.11 Å². The normalized spacial score (nSPS) is 10.7. The van der Waals surface area contributed by atoms with Gasteiger partial charge in [0.25, 0.3) is 0 Å². The van der Waals surface area contributed by atoms with Crippen molar-refractivity contribution in [3.63, 3.8) is 0 Å². The number of pyridine rings is 1. The van der Waals surface area contributed by atoms with Crippen LogP contribution in [0.5, 0.6) is 0 Å². The minimum absolute atomic E-state index is 0.0255. The van der Waals surface area contributed by atoms with Gasteiger partial charge in [-0.25, -0.2) is 9.18 Å². The Bertz CT molecular complexity index is 598. The molecule has 0 atom stereocenters. The van der Waals surface area contributed by atoms with E-state index in [1.807, 2.05) is 0 Å². The number of halogens is 2. The molecular formula is C11H7BrFNO2. The van der Waals surface area contributed by atoms with Crippen molar-refractivity contribution in [2.75, 3.05) is 0 Å². The van der Waals surface area contributed by atoms with E-state index in [0.717, 1.165) is 0 Å².